The lowest BCUT2D eigenvalue weighted by molar-refractivity contribution is 0.271. The fraction of sp³-hybridized carbons (Fsp3) is 0.176. The van der Waals surface area contributed by atoms with E-state index in [0.29, 0.717) is 5.75 Å². The minimum atomic E-state index is -0.472. The standard InChI is InChI=1S/C17H17FINO.C17H18FNO/c1-20-15-7-4-13(5-8-15)2-3-14-6-9-17(16(19)12-14)21-11-10-18;1-19-16-8-4-14(5-9-16)2-3-15-6-10-17(11-7-15)20-13-12-18/h2-9,12,20H,10-11H2,1H3;2-11,19H,12-13H2,1H3/b2*3-2+/i19-4;18-1. The first-order valence-corrected chi connectivity index (χ1v) is 14.3. The Balaban J connectivity index is 0.000000226. The first kappa shape index (κ1) is 31.7. The summed E-state index contributed by atoms with van der Waals surface area (Å²) in [6.45, 7) is -0.736. The SMILES string of the molecule is CNc1ccc(/C=C/c2ccc(OCCF)c([123I])c2)cc1.CNc1ccc(/C=C/c2ccc(OCC[18F])cc2)cc1. The van der Waals surface area contributed by atoms with Gasteiger partial charge in [-0.2, -0.15) is 0 Å². The molecule has 7 heteroatoms. The van der Waals surface area contributed by atoms with Crippen molar-refractivity contribution >= 4 is 58.3 Å². The molecule has 4 aromatic carbocycles. The van der Waals surface area contributed by atoms with Gasteiger partial charge in [0.05, 0.1) is 3.57 Å². The van der Waals surface area contributed by atoms with Crippen LogP contribution in [0.15, 0.2) is 91.0 Å². The zero-order valence-corrected chi connectivity index (χ0v) is 25.4. The van der Waals surface area contributed by atoms with Crippen molar-refractivity contribution in [3.8, 4) is 11.5 Å². The van der Waals surface area contributed by atoms with Crippen LogP contribution in [0.25, 0.3) is 24.3 Å². The van der Waals surface area contributed by atoms with E-state index in [2.05, 4.69) is 75.7 Å². The molecule has 4 rings (SSSR count). The van der Waals surface area contributed by atoms with Crippen molar-refractivity contribution in [2.24, 2.45) is 0 Å². The van der Waals surface area contributed by atoms with Crippen molar-refractivity contribution in [1.29, 1.82) is 0 Å². The molecule has 4 nitrogen and oxygen atoms in total. The molecule has 0 bridgehead atoms. The third kappa shape index (κ3) is 11.3. The Morgan fingerprint density at radius 3 is 1.44 bits per heavy atom. The lowest BCUT2D eigenvalue weighted by Crippen LogP contribution is -2.00. The van der Waals surface area contributed by atoms with Gasteiger partial charge in [0.25, 0.3) is 0 Å². The Kier molecular flexibility index (Phi) is 13.7. The highest BCUT2D eigenvalue weighted by Gasteiger charge is 2.01. The number of benzene rings is 4. The van der Waals surface area contributed by atoms with Crippen LogP contribution >= 0.6 is 22.6 Å². The fourth-order valence-electron chi connectivity index (χ4n) is 3.62. The molecule has 214 valence electrons. The Bertz CT molecular complexity index is 1370. The topological polar surface area (TPSA) is 42.5 Å². The quantitative estimate of drug-likeness (QED) is 0.117. The maximum atomic E-state index is 12.1. The van der Waals surface area contributed by atoms with Crippen LogP contribution in [-0.2, 0) is 0 Å². The second-order valence-electron chi connectivity index (χ2n) is 8.74. The third-order valence-corrected chi connectivity index (χ3v) is 6.69. The molecule has 0 saturated carbocycles. The average molecular weight is 664 g/mol. The zero-order chi connectivity index (χ0) is 29.3. The van der Waals surface area contributed by atoms with Crippen LogP contribution in [0.3, 0.4) is 0 Å². The van der Waals surface area contributed by atoms with Gasteiger partial charge in [-0.3, -0.25) is 0 Å². The highest BCUT2D eigenvalue weighted by molar-refractivity contribution is 14.1. The van der Waals surface area contributed by atoms with Gasteiger partial charge in [0.2, 0.25) is 0 Å². The van der Waals surface area contributed by atoms with Crippen LogP contribution in [-0.4, -0.2) is 40.7 Å². The van der Waals surface area contributed by atoms with Crippen LogP contribution in [0.1, 0.15) is 22.3 Å². The molecule has 0 fully saturated rings. The molecular formula is C34H35F2IN2O2. The Hall–Kier alpha value is -3.85. The molecule has 2 N–H and O–H groups in total. The Morgan fingerprint density at radius 2 is 1.00 bits per heavy atom. The number of rotatable bonds is 12. The molecule has 0 unspecified atom stereocenters. The third-order valence-electron chi connectivity index (χ3n) is 5.85. The Morgan fingerprint density at radius 1 is 0.585 bits per heavy atom. The summed E-state index contributed by atoms with van der Waals surface area (Å²) in [4.78, 5) is 0. The normalized spacial score (nSPS) is 10.8. The van der Waals surface area contributed by atoms with E-state index in [9.17, 15) is 8.78 Å². The number of ether oxygens (including phenoxy) is 2. The molecule has 41 heavy (non-hydrogen) atoms. The number of nitrogens with one attached hydrogen (secondary N) is 2. The highest BCUT2D eigenvalue weighted by Crippen LogP contribution is 2.23. The van der Waals surface area contributed by atoms with E-state index in [-0.39, 0.29) is 13.2 Å². The molecule has 0 radical (unpaired) electrons. The fourth-order valence-corrected chi connectivity index (χ4v) is 4.32. The van der Waals surface area contributed by atoms with E-state index in [0.717, 1.165) is 42.9 Å². The highest BCUT2D eigenvalue weighted by atomic mass is 123. The average Bonchev–Trinajstić information content (AvgIpc) is 3.02. The van der Waals surface area contributed by atoms with E-state index < -0.39 is 13.3 Å². The van der Waals surface area contributed by atoms with Gasteiger partial charge in [-0.05, 0) is 93.4 Å². The van der Waals surface area contributed by atoms with Crippen LogP contribution in [0.5, 0.6) is 11.5 Å². The number of alkyl halides is 2. The molecule has 0 atom stereocenters. The maximum absolute atomic E-state index is 12.1. The summed E-state index contributed by atoms with van der Waals surface area (Å²) in [5.41, 5.74) is 6.64. The number of halogens is 3. The summed E-state index contributed by atoms with van der Waals surface area (Å²) in [5.74, 6) is 1.42. The van der Waals surface area contributed by atoms with Gasteiger partial charge < -0.3 is 20.1 Å². The van der Waals surface area contributed by atoms with Crippen LogP contribution in [0, 0.1) is 3.57 Å². The van der Waals surface area contributed by atoms with Crippen molar-refractivity contribution in [2.75, 3.05) is 51.3 Å². The number of hydrogen-bond acceptors (Lipinski definition) is 4. The molecule has 0 aliphatic carbocycles. The number of hydrogen-bond donors (Lipinski definition) is 2. The van der Waals surface area contributed by atoms with Crippen molar-refractivity contribution < 1.29 is 18.3 Å². The number of anilines is 2. The predicted octanol–water partition coefficient (Wildman–Crippen LogP) is 9.10. The summed E-state index contributed by atoms with van der Waals surface area (Å²) in [6.07, 6.45) is 8.20. The van der Waals surface area contributed by atoms with Crippen molar-refractivity contribution in [1.82, 2.24) is 0 Å². The second-order valence-corrected chi connectivity index (χ2v) is 9.91. The summed E-state index contributed by atoms with van der Waals surface area (Å²) in [5, 5.41) is 6.18. The van der Waals surface area contributed by atoms with E-state index in [4.69, 9.17) is 9.47 Å². The minimum Gasteiger partial charge on any atom is -0.491 e. The smallest absolute Gasteiger partial charge is 0.132 e. The largest absolute Gasteiger partial charge is 0.491 e. The van der Waals surface area contributed by atoms with Gasteiger partial charge in [0.15, 0.2) is 0 Å². The van der Waals surface area contributed by atoms with Gasteiger partial charge in [0.1, 0.15) is 38.1 Å². The van der Waals surface area contributed by atoms with Crippen molar-refractivity contribution in [3.63, 3.8) is 0 Å². The van der Waals surface area contributed by atoms with Crippen LogP contribution in [0.4, 0.5) is 20.2 Å². The summed E-state index contributed by atoms with van der Waals surface area (Å²) in [7, 11) is 3.80. The van der Waals surface area contributed by atoms with E-state index >= 15 is 0 Å². The monoisotopic (exact) mass is 663 g/mol. The van der Waals surface area contributed by atoms with Crippen molar-refractivity contribution in [3.05, 3.63) is 117 Å². The molecule has 0 aliphatic heterocycles. The molecular weight excluding hydrogens is 628 g/mol. The maximum Gasteiger partial charge on any atom is 0.132 e. The van der Waals surface area contributed by atoms with Gasteiger partial charge in [-0.15, -0.1) is 0 Å². The van der Waals surface area contributed by atoms with Gasteiger partial charge in [0, 0.05) is 25.5 Å². The molecule has 0 amide bonds. The van der Waals surface area contributed by atoms with Gasteiger partial charge in [-0.25, -0.2) is 8.78 Å². The van der Waals surface area contributed by atoms with E-state index in [1.54, 1.807) is 0 Å². The zero-order valence-electron chi connectivity index (χ0n) is 23.2. The molecule has 0 spiro atoms. The predicted molar refractivity (Wildman–Crippen MR) is 178 cm³/mol. The minimum absolute atomic E-state index is 0.100. The lowest BCUT2D eigenvalue weighted by atomic mass is 10.1. The van der Waals surface area contributed by atoms with Crippen molar-refractivity contribution in [2.45, 2.75) is 0 Å². The van der Waals surface area contributed by atoms with Gasteiger partial charge in [-0.1, -0.05) is 66.8 Å². The van der Waals surface area contributed by atoms with Crippen LogP contribution in [0.2, 0.25) is 0 Å². The molecule has 0 aromatic heterocycles. The molecule has 0 heterocycles. The molecule has 0 aliphatic rings. The summed E-state index contributed by atoms with van der Waals surface area (Å²) in [6, 6.07) is 29.8. The van der Waals surface area contributed by atoms with E-state index in [1.165, 1.54) is 0 Å². The Labute approximate surface area is 255 Å². The first-order valence-electron chi connectivity index (χ1n) is 13.2. The van der Waals surface area contributed by atoms with Gasteiger partial charge >= 0.3 is 0 Å². The van der Waals surface area contributed by atoms with E-state index in [1.807, 2.05) is 86.9 Å². The molecule has 0 saturated heterocycles. The van der Waals surface area contributed by atoms with Crippen LogP contribution < -0.4 is 20.1 Å². The molecule has 4 aromatic rings. The summed E-state index contributed by atoms with van der Waals surface area (Å²) >= 11 is 2.20. The summed E-state index contributed by atoms with van der Waals surface area (Å²) < 4.78 is 35.6. The first-order chi connectivity index (χ1) is 20.0. The second kappa shape index (κ2) is 17.8. The lowest BCUT2D eigenvalue weighted by Gasteiger charge is -2.06.